The molecule has 1 aliphatic heterocycles. The maximum Gasteiger partial charge on any atom is 0.254 e. The Balaban J connectivity index is 1.61. The topological polar surface area (TPSA) is 95.3 Å². The number of carbonyl (C=O) groups is 2. The Morgan fingerprint density at radius 3 is 2.52 bits per heavy atom. The number of aromatic nitrogens is 2. The maximum atomic E-state index is 13.0. The molecule has 1 saturated heterocycles. The first-order valence-corrected chi connectivity index (χ1v) is 10.3. The standard InChI is InChI=1S/C24H23N5O2/c1-28-7-9-29(10-8-28)24(31)15-4-5-18-19-11-17(16-3-2-6-26-14-16)12-20(23(25)30)22(19)27-21(18)13-15/h2-6,11-14,27H,7-10H2,1H3,(H2,25,30). The second-order valence-corrected chi connectivity index (χ2v) is 8.03. The van der Waals surface area contributed by atoms with E-state index in [2.05, 4.69) is 21.9 Å². The number of nitrogens with zero attached hydrogens (tertiary/aromatic N) is 3. The first-order chi connectivity index (χ1) is 15.0. The molecule has 156 valence electrons. The molecule has 0 spiro atoms. The number of nitrogens with one attached hydrogen (secondary N) is 1. The minimum Gasteiger partial charge on any atom is -0.366 e. The number of hydrogen-bond acceptors (Lipinski definition) is 4. The van der Waals surface area contributed by atoms with E-state index in [1.807, 2.05) is 41.3 Å². The molecular weight excluding hydrogens is 390 g/mol. The smallest absolute Gasteiger partial charge is 0.254 e. The molecule has 4 aromatic rings. The van der Waals surface area contributed by atoms with E-state index >= 15 is 0 Å². The summed E-state index contributed by atoms with van der Waals surface area (Å²) in [4.78, 5) is 36.8. The Morgan fingerprint density at radius 1 is 1.00 bits per heavy atom. The number of fused-ring (bicyclic) bond motifs is 3. The molecule has 3 heterocycles. The molecule has 0 atom stereocenters. The highest BCUT2D eigenvalue weighted by Crippen LogP contribution is 2.33. The zero-order valence-electron chi connectivity index (χ0n) is 17.3. The van der Waals surface area contributed by atoms with Gasteiger partial charge in [0.25, 0.3) is 11.8 Å². The van der Waals surface area contributed by atoms with Crippen molar-refractivity contribution in [3.63, 3.8) is 0 Å². The molecule has 1 aliphatic rings. The average molecular weight is 413 g/mol. The zero-order valence-corrected chi connectivity index (χ0v) is 17.3. The molecule has 0 aliphatic carbocycles. The fourth-order valence-electron chi connectivity index (χ4n) is 4.23. The van der Waals surface area contributed by atoms with Crippen molar-refractivity contribution in [2.45, 2.75) is 0 Å². The first kappa shape index (κ1) is 19.3. The number of rotatable bonds is 3. The van der Waals surface area contributed by atoms with Crippen LogP contribution in [0.3, 0.4) is 0 Å². The van der Waals surface area contributed by atoms with Gasteiger partial charge < -0.3 is 20.5 Å². The van der Waals surface area contributed by atoms with Gasteiger partial charge in [0, 0.05) is 66.0 Å². The van der Waals surface area contributed by atoms with Crippen LogP contribution in [-0.4, -0.2) is 64.8 Å². The quantitative estimate of drug-likeness (QED) is 0.540. The summed E-state index contributed by atoms with van der Waals surface area (Å²) < 4.78 is 0. The zero-order chi connectivity index (χ0) is 21.5. The normalized spacial score (nSPS) is 14.9. The molecule has 7 heteroatoms. The summed E-state index contributed by atoms with van der Waals surface area (Å²) in [7, 11) is 2.06. The van der Waals surface area contributed by atoms with Gasteiger partial charge in [0.15, 0.2) is 0 Å². The Labute approximate surface area is 179 Å². The molecule has 0 unspecified atom stereocenters. The van der Waals surface area contributed by atoms with Crippen LogP contribution >= 0.6 is 0 Å². The number of H-pyrrole nitrogens is 1. The van der Waals surface area contributed by atoms with Crippen LogP contribution < -0.4 is 5.73 Å². The highest BCUT2D eigenvalue weighted by molar-refractivity contribution is 6.17. The van der Waals surface area contributed by atoms with Crippen LogP contribution in [0.15, 0.2) is 54.9 Å². The van der Waals surface area contributed by atoms with Crippen molar-refractivity contribution in [3.05, 3.63) is 66.0 Å². The molecule has 7 nitrogen and oxygen atoms in total. The Bertz CT molecular complexity index is 1300. The van der Waals surface area contributed by atoms with Gasteiger partial charge in [-0.1, -0.05) is 12.1 Å². The molecule has 0 radical (unpaired) electrons. The third-order valence-electron chi connectivity index (χ3n) is 6.01. The summed E-state index contributed by atoms with van der Waals surface area (Å²) in [5.74, 6) is -0.476. The minimum absolute atomic E-state index is 0.0276. The number of hydrogen-bond donors (Lipinski definition) is 2. The van der Waals surface area contributed by atoms with Crippen LogP contribution in [0.1, 0.15) is 20.7 Å². The molecule has 5 rings (SSSR count). The molecule has 2 amide bonds. The van der Waals surface area contributed by atoms with Crippen LogP contribution in [0.25, 0.3) is 32.9 Å². The van der Waals surface area contributed by atoms with Crippen LogP contribution in [0.4, 0.5) is 0 Å². The predicted molar refractivity (Wildman–Crippen MR) is 121 cm³/mol. The van der Waals surface area contributed by atoms with E-state index in [0.29, 0.717) is 16.6 Å². The van der Waals surface area contributed by atoms with Gasteiger partial charge in [-0.15, -0.1) is 0 Å². The highest BCUT2D eigenvalue weighted by Gasteiger charge is 2.21. The number of nitrogens with two attached hydrogens (primary N) is 1. The Morgan fingerprint density at radius 2 is 1.81 bits per heavy atom. The monoisotopic (exact) mass is 413 g/mol. The van der Waals surface area contributed by atoms with E-state index in [4.69, 9.17) is 5.73 Å². The third kappa shape index (κ3) is 3.43. The minimum atomic E-state index is -0.504. The molecule has 2 aromatic heterocycles. The van der Waals surface area contributed by atoms with E-state index in [1.165, 1.54) is 0 Å². The Hall–Kier alpha value is -3.71. The van der Waals surface area contributed by atoms with Crippen LogP contribution in [0.2, 0.25) is 0 Å². The summed E-state index contributed by atoms with van der Waals surface area (Å²) in [6.07, 6.45) is 3.47. The second-order valence-electron chi connectivity index (χ2n) is 8.03. The SMILES string of the molecule is CN1CCN(C(=O)c2ccc3c(c2)[nH]c2c(C(N)=O)cc(-c4cccnc4)cc23)CC1. The predicted octanol–water partition coefficient (Wildman–Crippen LogP) is 2.87. The molecule has 1 fully saturated rings. The molecule has 31 heavy (non-hydrogen) atoms. The lowest BCUT2D eigenvalue weighted by molar-refractivity contribution is 0.0664. The lowest BCUT2D eigenvalue weighted by atomic mass is 9.99. The van der Waals surface area contributed by atoms with E-state index in [-0.39, 0.29) is 5.91 Å². The summed E-state index contributed by atoms with van der Waals surface area (Å²) in [6.45, 7) is 3.19. The number of benzene rings is 2. The number of piperazine rings is 1. The lowest BCUT2D eigenvalue weighted by Gasteiger charge is -2.32. The van der Waals surface area contributed by atoms with Gasteiger partial charge in [0.2, 0.25) is 0 Å². The number of amides is 2. The van der Waals surface area contributed by atoms with E-state index in [0.717, 1.165) is 53.6 Å². The van der Waals surface area contributed by atoms with E-state index in [9.17, 15) is 9.59 Å². The fourth-order valence-corrected chi connectivity index (χ4v) is 4.23. The van der Waals surface area contributed by atoms with Crippen molar-refractivity contribution in [2.75, 3.05) is 33.2 Å². The van der Waals surface area contributed by atoms with Crippen LogP contribution in [-0.2, 0) is 0 Å². The van der Waals surface area contributed by atoms with Gasteiger partial charge in [-0.25, -0.2) is 0 Å². The third-order valence-corrected chi connectivity index (χ3v) is 6.01. The summed E-state index contributed by atoms with van der Waals surface area (Å²) in [5, 5.41) is 1.84. The molecule has 2 aromatic carbocycles. The summed E-state index contributed by atoms with van der Waals surface area (Å²) >= 11 is 0. The second kappa shape index (κ2) is 7.52. The molecule has 0 saturated carbocycles. The van der Waals surface area contributed by atoms with Crippen molar-refractivity contribution >= 4 is 33.6 Å². The van der Waals surface area contributed by atoms with Gasteiger partial charge in [-0.05, 0) is 42.9 Å². The van der Waals surface area contributed by atoms with Crippen LogP contribution in [0, 0.1) is 0 Å². The van der Waals surface area contributed by atoms with Crippen molar-refractivity contribution in [3.8, 4) is 11.1 Å². The maximum absolute atomic E-state index is 13.0. The van der Waals surface area contributed by atoms with Gasteiger partial charge in [0.05, 0.1) is 11.1 Å². The van der Waals surface area contributed by atoms with Crippen molar-refractivity contribution in [1.82, 2.24) is 19.8 Å². The average Bonchev–Trinajstić information content (AvgIpc) is 3.16. The number of likely N-dealkylation sites (N-methyl/N-ethyl adjacent to an activating group) is 1. The highest BCUT2D eigenvalue weighted by atomic mass is 16.2. The number of pyridine rings is 1. The molecular formula is C24H23N5O2. The van der Waals surface area contributed by atoms with Crippen molar-refractivity contribution in [2.24, 2.45) is 5.73 Å². The molecule has 0 bridgehead atoms. The van der Waals surface area contributed by atoms with Gasteiger partial charge >= 0.3 is 0 Å². The van der Waals surface area contributed by atoms with E-state index in [1.54, 1.807) is 18.5 Å². The van der Waals surface area contributed by atoms with Crippen LogP contribution in [0.5, 0.6) is 0 Å². The fraction of sp³-hybridized carbons (Fsp3) is 0.208. The first-order valence-electron chi connectivity index (χ1n) is 10.3. The van der Waals surface area contributed by atoms with E-state index < -0.39 is 5.91 Å². The number of primary amides is 1. The lowest BCUT2D eigenvalue weighted by Crippen LogP contribution is -2.47. The number of aromatic amines is 1. The number of carbonyl (C=O) groups excluding carboxylic acids is 2. The largest absolute Gasteiger partial charge is 0.366 e. The summed E-state index contributed by atoms with van der Waals surface area (Å²) in [5.41, 5.74) is 10.0. The van der Waals surface area contributed by atoms with Gasteiger partial charge in [-0.2, -0.15) is 0 Å². The molecule has 3 N–H and O–H groups in total. The Kier molecular flexibility index (Phi) is 4.67. The van der Waals surface area contributed by atoms with Crippen molar-refractivity contribution < 1.29 is 9.59 Å². The van der Waals surface area contributed by atoms with Crippen molar-refractivity contribution in [1.29, 1.82) is 0 Å². The summed E-state index contributed by atoms with van der Waals surface area (Å²) in [6, 6.07) is 13.3. The van der Waals surface area contributed by atoms with Gasteiger partial charge in [-0.3, -0.25) is 14.6 Å². The van der Waals surface area contributed by atoms with Gasteiger partial charge in [0.1, 0.15) is 0 Å².